The molecule has 1 saturated carbocycles. The molecule has 0 unspecified atom stereocenters. The molecule has 170 valence electrons. The third-order valence-electron chi connectivity index (χ3n) is 7.69. The van der Waals surface area contributed by atoms with Crippen LogP contribution in [0.2, 0.25) is 0 Å². The van der Waals surface area contributed by atoms with E-state index in [1.54, 1.807) is 0 Å². The van der Waals surface area contributed by atoms with Gasteiger partial charge in [-0.2, -0.15) is 0 Å². The zero-order chi connectivity index (χ0) is 22.1. The molecular weight excluding hydrogens is 400 g/mol. The molecule has 0 spiro atoms. The Balaban J connectivity index is 1.38. The lowest BCUT2D eigenvalue weighted by Crippen LogP contribution is -2.44. The Morgan fingerprint density at radius 1 is 1.09 bits per heavy atom. The molecule has 5 rings (SSSR count). The molecule has 1 aliphatic carbocycles. The number of likely N-dealkylation sites (N-methyl/N-ethyl adjacent to an activating group) is 1. The van der Waals surface area contributed by atoms with Crippen molar-refractivity contribution < 1.29 is 4.79 Å². The second-order valence-electron chi connectivity index (χ2n) is 9.92. The summed E-state index contributed by atoms with van der Waals surface area (Å²) in [7, 11) is 2.04. The molecule has 2 aromatic rings. The minimum absolute atomic E-state index is 0.00637. The highest BCUT2D eigenvalue weighted by Gasteiger charge is 2.37. The Hall–Kier alpha value is -2.47. The van der Waals surface area contributed by atoms with Crippen molar-refractivity contribution >= 4 is 5.91 Å². The lowest BCUT2D eigenvalue weighted by atomic mass is 9.83. The van der Waals surface area contributed by atoms with E-state index in [4.69, 9.17) is 4.98 Å². The van der Waals surface area contributed by atoms with E-state index in [9.17, 15) is 9.59 Å². The van der Waals surface area contributed by atoms with Gasteiger partial charge in [0, 0.05) is 38.5 Å². The molecule has 6 nitrogen and oxygen atoms in total. The van der Waals surface area contributed by atoms with Crippen LogP contribution in [-0.4, -0.2) is 52.4 Å². The summed E-state index contributed by atoms with van der Waals surface area (Å²) in [5.41, 5.74) is 2.89. The highest BCUT2D eigenvalue weighted by atomic mass is 16.2. The second kappa shape index (κ2) is 9.18. The van der Waals surface area contributed by atoms with E-state index in [0.717, 1.165) is 67.8 Å². The first kappa shape index (κ1) is 21.4. The molecule has 2 aliphatic heterocycles. The van der Waals surface area contributed by atoms with Gasteiger partial charge in [0.1, 0.15) is 5.82 Å². The minimum atomic E-state index is -0.0523. The third-order valence-corrected chi connectivity index (χ3v) is 7.69. The van der Waals surface area contributed by atoms with Crippen molar-refractivity contribution in [3.63, 3.8) is 0 Å². The second-order valence-corrected chi connectivity index (χ2v) is 9.92. The number of amides is 1. The molecule has 6 heteroatoms. The van der Waals surface area contributed by atoms with Crippen molar-refractivity contribution in [2.75, 3.05) is 26.7 Å². The van der Waals surface area contributed by atoms with Crippen molar-refractivity contribution in [3.8, 4) is 0 Å². The lowest BCUT2D eigenvalue weighted by molar-refractivity contribution is -0.135. The van der Waals surface area contributed by atoms with E-state index in [1.165, 1.54) is 12.8 Å². The predicted molar refractivity (Wildman–Crippen MR) is 125 cm³/mol. The van der Waals surface area contributed by atoms with Crippen molar-refractivity contribution in [1.29, 1.82) is 0 Å². The average Bonchev–Trinajstić information content (AvgIpc) is 3.35. The van der Waals surface area contributed by atoms with Gasteiger partial charge in [-0.05, 0) is 44.2 Å². The van der Waals surface area contributed by atoms with E-state index in [0.29, 0.717) is 19.0 Å². The molecule has 1 aromatic heterocycles. The number of likely N-dealkylation sites (tertiary alicyclic amines) is 1. The third kappa shape index (κ3) is 4.25. The molecule has 1 aromatic carbocycles. The van der Waals surface area contributed by atoms with Gasteiger partial charge in [-0.3, -0.25) is 9.59 Å². The smallest absolute Gasteiger partial charge is 0.255 e. The number of carbonyl (C=O) groups is 1. The van der Waals surface area contributed by atoms with Crippen LogP contribution in [0.5, 0.6) is 0 Å². The predicted octanol–water partition coefficient (Wildman–Crippen LogP) is 3.44. The number of fused-ring (bicyclic) bond motifs is 1. The molecule has 1 N–H and O–H groups in total. The highest BCUT2D eigenvalue weighted by molar-refractivity contribution is 5.84. The van der Waals surface area contributed by atoms with Crippen LogP contribution in [0.4, 0.5) is 0 Å². The quantitative estimate of drug-likeness (QED) is 0.800. The molecular formula is C26H34N4O2. The number of H-pyrrole nitrogens is 1. The molecule has 1 amide bonds. The number of aromatic nitrogens is 2. The first-order chi connectivity index (χ1) is 15.6. The molecule has 32 heavy (non-hydrogen) atoms. The van der Waals surface area contributed by atoms with E-state index in [-0.39, 0.29) is 23.3 Å². The van der Waals surface area contributed by atoms with E-state index in [1.807, 2.05) is 25.2 Å². The Kier molecular flexibility index (Phi) is 6.13. The minimum Gasteiger partial charge on any atom is -0.341 e. The Morgan fingerprint density at radius 3 is 2.66 bits per heavy atom. The normalized spacial score (nSPS) is 23.2. The fourth-order valence-electron chi connectivity index (χ4n) is 5.94. The maximum absolute atomic E-state index is 13.8. The van der Waals surface area contributed by atoms with Gasteiger partial charge in [-0.1, -0.05) is 43.2 Å². The number of rotatable bonds is 4. The van der Waals surface area contributed by atoms with Crippen molar-refractivity contribution in [2.45, 2.75) is 63.3 Å². The van der Waals surface area contributed by atoms with Crippen LogP contribution in [0.15, 0.2) is 35.1 Å². The number of benzene rings is 1. The van der Waals surface area contributed by atoms with E-state index >= 15 is 0 Å². The van der Waals surface area contributed by atoms with Gasteiger partial charge in [-0.25, -0.2) is 4.98 Å². The summed E-state index contributed by atoms with van der Waals surface area (Å²) in [6.07, 6.45) is 7.44. The SMILES string of the molecule is CN1CCc2nc([C@@H]3CCCN(C(=O)[C@@H](c4ccccc4)C4CCCC4)C3)[nH]c(=O)c2C1. The zero-order valence-electron chi connectivity index (χ0n) is 19.1. The first-order valence-electron chi connectivity index (χ1n) is 12.2. The first-order valence-corrected chi connectivity index (χ1v) is 12.2. The molecule has 3 heterocycles. The molecule has 2 atom stereocenters. The number of nitrogens with one attached hydrogen (secondary N) is 1. The van der Waals surface area contributed by atoms with Crippen molar-refractivity contribution in [1.82, 2.24) is 19.8 Å². The van der Waals surface area contributed by atoms with Gasteiger partial charge in [-0.15, -0.1) is 0 Å². The lowest BCUT2D eigenvalue weighted by Gasteiger charge is -2.36. The topological polar surface area (TPSA) is 69.3 Å². The number of carbonyl (C=O) groups excluding carboxylic acids is 1. The van der Waals surface area contributed by atoms with Crippen LogP contribution < -0.4 is 5.56 Å². The summed E-state index contributed by atoms with van der Waals surface area (Å²) in [4.78, 5) is 38.7. The summed E-state index contributed by atoms with van der Waals surface area (Å²) in [5, 5.41) is 0. The van der Waals surface area contributed by atoms with Gasteiger partial charge in [0.25, 0.3) is 5.56 Å². The number of nitrogens with zero attached hydrogens (tertiary/aromatic N) is 3. The number of piperidine rings is 1. The van der Waals surface area contributed by atoms with Crippen LogP contribution >= 0.6 is 0 Å². The number of aromatic amines is 1. The van der Waals surface area contributed by atoms with Crippen LogP contribution in [0.1, 0.15) is 73.0 Å². The van der Waals surface area contributed by atoms with Crippen LogP contribution in [-0.2, 0) is 17.8 Å². The van der Waals surface area contributed by atoms with Gasteiger partial charge < -0.3 is 14.8 Å². The number of hydrogen-bond donors (Lipinski definition) is 1. The maximum atomic E-state index is 13.8. The standard InChI is InChI=1S/C26H34N4O2/c1-29-15-13-22-21(17-29)25(31)28-24(27-22)20-12-7-14-30(16-20)26(32)23(19-10-5-6-11-19)18-8-3-2-4-9-18/h2-4,8-9,19-20,23H,5-7,10-17H2,1H3,(H,27,28,31)/t20-,23+/m1/s1. The molecule has 0 bridgehead atoms. The van der Waals surface area contributed by atoms with E-state index < -0.39 is 0 Å². The fourth-order valence-corrected chi connectivity index (χ4v) is 5.94. The summed E-state index contributed by atoms with van der Waals surface area (Å²) >= 11 is 0. The largest absolute Gasteiger partial charge is 0.341 e. The van der Waals surface area contributed by atoms with Crippen LogP contribution in [0.25, 0.3) is 0 Å². The molecule has 3 aliphatic rings. The van der Waals surface area contributed by atoms with Gasteiger partial charge in [0.2, 0.25) is 5.91 Å². The van der Waals surface area contributed by atoms with E-state index in [2.05, 4.69) is 26.9 Å². The molecule has 2 fully saturated rings. The Labute approximate surface area is 190 Å². The monoisotopic (exact) mass is 434 g/mol. The highest BCUT2D eigenvalue weighted by Crippen LogP contribution is 2.39. The summed E-state index contributed by atoms with van der Waals surface area (Å²) in [5.74, 6) is 1.51. The van der Waals surface area contributed by atoms with Gasteiger partial charge >= 0.3 is 0 Å². The Bertz CT molecular complexity index is 1010. The van der Waals surface area contributed by atoms with Crippen molar-refractivity contribution in [2.24, 2.45) is 5.92 Å². The number of hydrogen-bond acceptors (Lipinski definition) is 4. The zero-order valence-corrected chi connectivity index (χ0v) is 19.1. The molecule has 1 saturated heterocycles. The van der Waals surface area contributed by atoms with Crippen LogP contribution in [0.3, 0.4) is 0 Å². The van der Waals surface area contributed by atoms with Crippen LogP contribution in [0, 0.1) is 5.92 Å². The summed E-state index contributed by atoms with van der Waals surface area (Å²) in [6, 6.07) is 10.3. The average molecular weight is 435 g/mol. The van der Waals surface area contributed by atoms with Gasteiger partial charge in [0.05, 0.1) is 17.2 Å². The summed E-state index contributed by atoms with van der Waals surface area (Å²) in [6.45, 7) is 3.04. The van der Waals surface area contributed by atoms with Gasteiger partial charge in [0.15, 0.2) is 0 Å². The molecule has 0 radical (unpaired) electrons. The maximum Gasteiger partial charge on any atom is 0.255 e. The fraction of sp³-hybridized carbons (Fsp3) is 0.577. The van der Waals surface area contributed by atoms with Crippen molar-refractivity contribution in [3.05, 3.63) is 63.3 Å². The Morgan fingerprint density at radius 2 is 1.88 bits per heavy atom. The summed E-state index contributed by atoms with van der Waals surface area (Å²) < 4.78 is 0.